The third kappa shape index (κ3) is 2.50. The third-order valence-electron chi connectivity index (χ3n) is 4.49. The molecule has 0 atom stereocenters. The van der Waals surface area contributed by atoms with Crippen LogP contribution in [0.2, 0.25) is 5.02 Å². The second kappa shape index (κ2) is 5.73. The van der Waals surface area contributed by atoms with Crippen molar-refractivity contribution in [1.82, 2.24) is 15.0 Å². The molecule has 0 radical (unpaired) electrons. The van der Waals surface area contributed by atoms with E-state index in [2.05, 4.69) is 4.98 Å². The monoisotopic (exact) mass is 311 g/mol. The maximum absolute atomic E-state index is 6.45. The average molecular weight is 312 g/mol. The number of benzene rings is 1. The zero-order valence-electron chi connectivity index (χ0n) is 12.3. The Morgan fingerprint density at radius 1 is 1.00 bits per heavy atom. The molecule has 0 aliphatic heterocycles. The highest BCUT2D eigenvalue weighted by Gasteiger charge is 2.20. The highest BCUT2D eigenvalue weighted by atomic mass is 35.5. The van der Waals surface area contributed by atoms with Crippen LogP contribution in [0.25, 0.3) is 22.4 Å². The minimum Gasteiger partial charge on any atom is -0.339 e. The summed E-state index contributed by atoms with van der Waals surface area (Å²) in [5, 5.41) is 0.693. The van der Waals surface area contributed by atoms with Crippen molar-refractivity contribution in [3.63, 3.8) is 0 Å². The smallest absolute Gasteiger partial charge is 0.179 e. The molecule has 0 bridgehead atoms. The number of nitrogens with zero attached hydrogens (tertiary/aromatic N) is 2. The van der Waals surface area contributed by atoms with Crippen molar-refractivity contribution in [2.24, 2.45) is 0 Å². The van der Waals surface area contributed by atoms with E-state index in [1.54, 1.807) is 0 Å². The lowest BCUT2D eigenvalue weighted by Gasteiger charge is -2.18. The third-order valence-corrected chi connectivity index (χ3v) is 4.79. The zero-order chi connectivity index (χ0) is 14.9. The number of fused-ring (bicyclic) bond motifs is 1. The average Bonchev–Trinajstić information content (AvgIpc) is 3.01. The molecule has 2 aromatic heterocycles. The van der Waals surface area contributed by atoms with E-state index in [1.165, 1.54) is 32.1 Å². The van der Waals surface area contributed by atoms with Gasteiger partial charge in [0.2, 0.25) is 0 Å². The Labute approximate surface area is 134 Å². The van der Waals surface area contributed by atoms with E-state index in [0.29, 0.717) is 10.9 Å². The van der Waals surface area contributed by atoms with Crippen molar-refractivity contribution >= 4 is 22.8 Å². The number of aromatic nitrogens is 3. The van der Waals surface area contributed by atoms with E-state index < -0.39 is 0 Å². The summed E-state index contributed by atoms with van der Waals surface area (Å²) in [6.07, 6.45) is 6.34. The fourth-order valence-corrected chi connectivity index (χ4v) is 3.53. The van der Waals surface area contributed by atoms with Crippen LogP contribution in [-0.2, 0) is 0 Å². The van der Waals surface area contributed by atoms with E-state index in [0.717, 1.165) is 28.2 Å². The van der Waals surface area contributed by atoms with Crippen LogP contribution < -0.4 is 0 Å². The maximum Gasteiger partial charge on any atom is 0.179 e. The Hall–Kier alpha value is -1.87. The number of aromatic amines is 1. The first kappa shape index (κ1) is 13.8. The Kier molecular flexibility index (Phi) is 3.59. The molecule has 4 rings (SSSR count). The van der Waals surface area contributed by atoms with Crippen LogP contribution in [0.4, 0.5) is 0 Å². The summed E-state index contributed by atoms with van der Waals surface area (Å²) in [5.41, 5.74) is 3.53. The second-order valence-corrected chi connectivity index (χ2v) is 6.42. The van der Waals surface area contributed by atoms with E-state index in [9.17, 15) is 0 Å². The lowest BCUT2D eigenvalue weighted by Crippen LogP contribution is -2.05. The Balaban J connectivity index is 1.77. The van der Waals surface area contributed by atoms with Crippen molar-refractivity contribution in [2.75, 3.05) is 0 Å². The van der Waals surface area contributed by atoms with Crippen LogP contribution in [0, 0.1) is 0 Å². The number of halogens is 1. The molecule has 1 aliphatic rings. The lowest BCUT2D eigenvalue weighted by atomic mass is 9.89. The van der Waals surface area contributed by atoms with Crippen LogP contribution in [0.5, 0.6) is 0 Å². The van der Waals surface area contributed by atoms with Gasteiger partial charge in [-0.05, 0) is 18.9 Å². The first-order valence-corrected chi connectivity index (χ1v) is 8.30. The van der Waals surface area contributed by atoms with Crippen LogP contribution in [0.15, 0.2) is 36.4 Å². The predicted molar refractivity (Wildman–Crippen MR) is 90.2 cm³/mol. The van der Waals surface area contributed by atoms with Crippen LogP contribution in [0.3, 0.4) is 0 Å². The van der Waals surface area contributed by atoms with Crippen molar-refractivity contribution in [2.45, 2.75) is 38.0 Å². The van der Waals surface area contributed by atoms with Crippen LogP contribution in [0.1, 0.15) is 43.8 Å². The number of imidazole rings is 1. The molecule has 1 fully saturated rings. The number of nitrogens with one attached hydrogen (secondary N) is 1. The van der Waals surface area contributed by atoms with Crippen molar-refractivity contribution in [3.8, 4) is 11.3 Å². The molecular formula is C18H18ClN3. The molecule has 3 aromatic rings. The van der Waals surface area contributed by atoms with Gasteiger partial charge in [-0.2, -0.15) is 0 Å². The zero-order valence-corrected chi connectivity index (χ0v) is 13.1. The fourth-order valence-electron chi connectivity index (χ4n) is 3.29. The SMILES string of the molecule is Clc1cc(-c2ccccc2)nc2nc(C3CCCCC3)[nH]c12. The molecule has 1 N–H and O–H groups in total. The minimum atomic E-state index is 0.527. The molecule has 1 saturated carbocycles. The molecule has 1 aromatic carbocycles. The van der Waals surface area contributed by atoms with E-state index in [1.807, 2.05) is 36.4 Å². The summed E-state index contributed by atoms with van der Waals surface area (Å²) >= 11 is 6.45. The molecule has 3 nitrogen and oxygen atoms in total. The van der Waals surface area contributed by atoms with Gasteiger partial charge in [0.1, 0.15) is 11.3 Å². The lowest BCUT2D eigenvalue weighted by molar-refractivity contribution is 0.431. The summed E-state index contributed by atoms with van der Waals surface area (Å²) in [6, 6.07) is 12.0. The van der Waals surface area contributed by atoms with Gasteiger partial charge in [-0.25, -0.2) is 9.97 Å². The molecule has 0 amide bonds. The Morgan fingerprint density at radius 3 is 2.55 bits per heavy atom. The molecule has 1 aliphatic carbocycles. The van der Waals surface area contributed by atoms with E-state index in [4.69, 9.17) is 21.6 Å². The van der Waals surface area contributed by atoms with Crippen molar-refractivity contribution < 1.29 is 0 Å². The van der Waals surface area contributed by atoms with Gasteiger partial charge in [0, 0.05) is 11.5 Å². The maximum atomic E-state index is 6.45. The fraction of sp³-hybridized carbons (Fsp3) is 0.333. The van der Waals surface area contributed by atoms with Gasteiger partial charge in [-0.1, -0.05) is 61.2 Å². The Bertz CT molecular complexity index is 789. The van der Waals surface area contributed by atoms with Crippen LogP contribution in [-0.4, -0.2) is 15.0 Å². The largest absolute Gasteiger partial charge is 0.339 e. The quantitative estimate of drug-likeness (QED) is 0.695. The van der Waals surface area contributed by atoms with Crippen molar-refractivity contribution in [1.29, 1.82) is 0 Å². The number of rotatable bonds is 2. The number of pyridine rings is 1. The highest BCUT2D eigenvalue weighted by molar-refractivity contribution is 6.35. The summed E-state index contributed by atoms with van der Waals surface area (Å²) in [6.45, 7) is 0. The molecule has 112 valence electrons. The molecule has 4 heteroatoms. The normalized spacial score (nSPS) is 16.2. The molecular weight excluding hydrogens is 294 g/mol. The second-order valence-electron chi connectivity index (χ2n) is 6.01. The molecule has 2 heterocycles. The predicted octanol–water partition coefficient (Wildman–Crippen LogP) is 5.33. The van der Waals surface area contributed by atoms with Gasteiger partial charge >= 0.3 is 0 Å². The highest BCUT2D eigenvalue weighted by Crippen LogP contribution is 2.33. The Morgan fingerprint density at radius 2 is 1.77 bits per heavy atom. The topological polar surface area (TPSA) is 41.6 Å². The van der Waals surface area contributed by atoms with Gasteiger partial charge in [0.25, 0.3) is 0 Å². The first-order valence-electron chi connectivity index (χ1n) is 7.93. The minimum absolute atomic E-state index is 0.527. The summed E-state index contributed by atoms with van der Waals surface area (Å²) in [4.78, 5) is 12.8. The molecule has 22 heavy (non-hydrogen) atoms. The first-order chi connectivity index (χ1) is 10.8. The van der Waals surface area contributed by atoms with E-state index in [-0.39, 0.29) is 0 Å². The number of hydrogen-bond acceptors (Lipinski definition) is 2. The standard InChI is InChI=1S/C18H18ClN3/c19-14-11-15(12-7-3-1-4-8-12)20-18-16(14)21-17(22-18)13-9-5-2-6-10-13/h1,3-4,7-8,11,13H,2,5-6,9-10H2,(H,20,21,22). The van der Waals surface area contributed by atoms with Gasteiger partial charge in [-0.15, -0.1) is 0 Å². The molecule has 0 saturated heterocycles. The number of hydrogen-bond donors (Lipinski definition) is 1. The van der Waals surface area contributed by atoms with Gasteiger partial charge in [0.15, 0.2) is 5.65 Å². The molecule has 0 spiro atoms. The van der Waals surface area contributed by atoms with E-state index >= 15 is 0 Å². The van der Waals surface area contributed by atoms with Crippen LogP contribution >= 0.6 is 11.6 Å². The summed E-state index contributed by atoms with van der Waals surface area (Å²) < 4.78 is 0. The van der Waals surface area contributed by atoms with Crippen molar-refractivity contribution in [3.05, 3.63) is 47.2 Å². The van der Waals surface area contributed by atoms with Gasteiger partial charge in [-0.3, -0.25) is 0 Å². The summed E-state index contributed by atoms with van der Waals surface area (Å²) in [5.74, 6) is 1.58. The van der Waals surface area contributed by atoms with Gasteiger partial charge in [0.05, 0.1) is 10.7 Å². The molecule has 0 unspecified atom stereocenters. The summed E-state index contributed by atoms with van der Waals surface area (Å²) in [7, 11) is 0. The van der Waals surface area contributed by atoms with Gasteiger partial charge < -0.3 is 4.98 Å². The number of H-pyrrole nitrogens is 1.